The van der Waals surface area contributed by atoms with Gasteiger partial charge in [-0.1, -0.05) is 24.8 Å². The summed E-state index contributed by atoms with van der Waals surface area (Å²) >= 11 is 0. The molecule has 0 unspecified atom stereocenters. The first kappa shape index (κ1) is 11.8. The third kappa shape index (κ3) is 4.32. The van der Waals surface area contributed by atoms with Gasteiger partial charge in [0.1, 0.15) is 12.4 Å². The fourth-order valence-corrected chi connectivity index (χ4v) is 0.905. The third-order valence-corrected chi connectivity index (χ3v) is 1.62. The molecule has 0 aliphatic carbocycles. The van der Waals surface area contributed by atoms with Gasteiger partial charge in [-0.05, 0) is 12.1 Å². The number of benzene rings is 1. The second-order valence-electron chi connectivity index (χ2n) is 2.79. The number of hydrogen-bond donors (Lipinski definition) is 1. The highest BCUT2D eigenvalue weighted by Crippen LogP contribution is 2.10. The van der Waals surface area contributed by atoms with Crippen molar-refractivity contribution in [2.75, 3.05) is 6.61 Å². The summed E-state index contributed by atoms with van der Waals surface area (Å²) < 4.78 is 9.66. The van der Waals surface area contributed by atoms with E-state index in [2.05, 4.69) is 11.3 Å². The first-order valence-electron chi connectivity index (χ1n) is 4.63. The Kier molecular flexibility index (Phi) is 4.66. The van der Waals surface area contributed by atoms with Crippen LogP contribution in [-0.4, -0.2) is 17.7 Å². The Morgan fingerprint density at radius 3 is 2.69 bits per heavy atom. The first-order valence-corrected chi connectivity index (χ1v) is 4.63. The molecule has 0 radical (unpaired) electrons. The van der Waals surface area contributed by atoms with Crippen LogP contribution in [-0.2, 0) is 9.53 Å². The van der Waals surface area contributed by atoms with Crippen molar-refractivity contribution in [3.63, 3.8) is 0 Å². The van der Waals surface area contributed by atoms with Gasteiger partial charge in [0.05, 0.1) is 0 Å². The highest BCUT2D eigenvalue weighted by atomic mass is 16.6. The average Bonchev–Trinajstić information content (AvgIpc) is 2.30. The number of rotatable bonds is 5. The van der Waals surface area contributed by atoms with Crippen molar-refractivity contribution < 1.29 is 19.4 Å². The average molecular weight is 220 g/mol. The van der Waals surface area contributed by atoms with Crippen LogP contribution in [0, 0.1) is 0 Å². The fraction of sp³-hybridized carbons (Fsp3) is 0.0833. The van der Waals surface area contributed by atoms with E-state index < -0.39 is 5.97 Å². The minimum Gasteiger partial charge on any atom is -0.481 e. The van der Waals surface area contributed by atoms with Crippen LogP contribution in [0.15, 0.2) is 55.0 Å². The molecule has 1 rings (SSSR count). The molecule has 1 N–H and O–H groups in total. The maximum absolute atomic E-state index is 10.7. The van der Waals surface area contributed by atoms with Crippen molar-refractivity contribution >= 4 is 5.97 Å². The summed E-state index contributed by atoms with van der Waals surface area (Å²) in [5.74, 6) is -0.363. The van der Waals surface area contributed by atoms with Crippen molar-refractivity contribution in [1.29, 1.82) is 0 Å². The van der Waals surface area contributed by atoms with E-state index in [1.807, 2.05) is 6.07 Å². The lowest BCUT2D eigenvalue weighted by molar-refractivity contribution is -0.136. The van der Waals surface area contributed by atoms with Gasteiger partial charge < -0.3 is 14.6 Å². The van der Waals surface area contributed by atoms with Crippen LogP contribution in [0.25, 0.3) is 0 Å². The molecule has 0 aliphatic heterocycles. The van der Waals surface area contributed by atoms with Gasteiger partial charge in [-0.3, -0.25) is 0 Å². The molecule has 0 saturated heterocycles. The molecule has 0 spiro atoms. The molecule has 1 aromatic rings. The van der Waals surface area contributed by atoms with E-state index in [1.165, 1.54) is 6.08 Å². The van der Waals surface area contributed by atoms with Gasteiger partial charge in [0, 0.05) is 12.2 Å². The van der Waals surface area contributed by atoms with E-state index in [1.54, 1.807) is 24.3 Å². The van der Waals surface area contributed by atoms with Crippen molar-refractivity contribution in [3.8, 4) is 5.75 Å². The van der Waals surface area contributed by atoms with Crippen LogP contribution >= 0.6 is 0 Å². The second-order valence-corrected chi connectivity index (χ2v) is 2.79. The SMILES string of the molecule is C=CC(=O)OCC=C(O)Oc1ccccc1. The molecule has 0 aromatic heterocycles. The minimum atomic E-state index is -0.552. The molecule has 0 aliphatic rings. The Labute approximate surface area is 93.4 Å². The lowest BCUT2D eigenvalue weighted by Gasteiger charge is -2.03. The molecule has 0 heterocycles. The zero-order valence-electron chi connectivity index (χ0n) is 8.63. The zero-order valence-corrected chi connectivity index (χ0v) is 8.63. The van der Waals surface area contributed by atoms with Crippen LogP contribution in [0.3, 0.4) is 0 Å². The Morgan fingerprint density at radius 2 is 2.06 bits per heavy atom. The summed E-state index contributed by atoms with van der Waals surface area (Å²) in [7, 11) is 0. The molecule has 0 fully saturated rings. The molecule has 4 nitrogen and oxygen atoms in total. The van der Waals surface area contributed by atoms with Crippen molar-refractivity contribution in [2.24, 2.45) is 0 Å². The van der Waals surface area contributed by atoms with Crippen molar-refractivity contribution in [1.82, 2.24) is 0 Å². The van der Waals surface area contributed by atoms with E-state index in [4.69, 9.17) is 4.74 Å². The summed E-state index contributed by atoms with van der Waals surface area (Å²) in [5, 5.41) is 9.31. The number of aliphatic hydroxyl groups excluding tert-OH is 1. The lowest BCUT2D eigenvalue weighted by atomic mass is 10.3. The Balaban J connectivity index is 2.40. The monoisotopic (exact) mass is 220 g/mol. The van der Waals surface area contributed by atoms with Gasteiger partial charge in [0.25, 0.3) is 5.95 Å². The first-order chi connectivity index (χ1) is 7.72. The summed E-state index contributed by atoms with van der Waals surface area (Å²) in [6.07, 6.45) is 2.29. The maximum Gasteiger partial charge on any atom is 0.330 e. The lowest BCUT2D eigenvalue weighted by Crippen LogP contribution is -2.02. The van der Waals surface area contributed by atoms with Gasteiger partial charge >= 0.3 is 5.97 Å². The van der Waals surface area contributed by atoms with Crippen LogP contribution in [0.4, 0.5) is 0 Å². The molecule has 4 heteroatoms. The molecule has 0 atom stereocenters. The number of ether oxygens (including phenoxy) is 2. The zero-order chi connectivity index (χ0) is 11.8. The molecular formula is C12H12O4. The fourth-order valence-electron chi connectivity index (χ4n) is 0.905. The molecule has 0 saturated carbocycles. The number of carbonyl (C=O) groups excluding carboxylic acids is 1. The summed E-state index contributed by atoms with van der Waals surface area (Å²) in [5.41, 5.74) is 0. The quantitative estimate of drug-likeness (QED) is 0.469. The van der Waals surface area contributed by atoms with Gasteiger partial charge in [-0.25, -0.2) is 4.79 Å². The Hall–Kier alpha value is -2.23. The normalized spacial score (nSPS) is 10.6. The van der Waals surface area contributed by atoms with Crippen LogP contribution < -0.4 is 4.74 Å². The van der Waals surface area contributed by atoms with Gasteiger partial charge in [-0.15, -0.1) is 0 Å². The highest BCUT2D eigenvalue weighted by molar-refractivity contribution is 5.81. The molecule has 0 amide bonds. The number of esters is 1. The van der Waals surface area contributed by atoms with Crippen LogP contribution in [0.2, 0.25) is 0 Å². The Bertz CT molecular complexity index is 381. The summed E-state index contributed by atoms with van der Waals surface area (Å²) in [6.45, 7) is 3.17. The summed E-state index contributed by atoms with van der Waals surface area (Å²) in [6, 6.07) is 8.78. The Morgan fingerprint density at radius 1 is 1.38 bits per heavy atom. The van der Waals surface area contributed by atoms with E-state index in [0.717, 1.165) is 6.08 Å². The minimum absolute atomic E-state index is 0.0660. The second kappa shape index (κ2) is 6.29. The third-order valence-electron chi connectivity index (χ3n) is 1.62. The smallest absolute Gasteiger partial charge is 0.330 e. The number of aliphatic hydroxyl groups is 1. The van der Waals surface area contributed by atoms with E-state index in [9.17, 15) is 9.90 Å². The maximum atomic E-state index is 10.7. The number of hydrogen-bond acceptors (Lipinski definition) is 4. The van der Waals surface area contributed by atoms with Crippen LogP contribution in [0.5, 0.6) is 5.75 Å². The summed E-state index contributed by atoms with van der Waals surface area (Å²) in [4.78, 5) is 10.7. The molecule has 16 heavy (non-hydrogen) atoms. The van der Waals surface area contributed by atoms with Crippen molar-refractivity contribution in [3.05, 3.63) is 55.0 Å². The topological polar surface area (TPSA) is 55.8 Å². The number of carbonyl (C=O) groups is 1. The van der Waals surface area contributed by atoms with E-state index >= 15 is 0 Å². The predicted molar refractivity (Wildman–Crippen MR) is 58.9 cm³/mol. The van der Waals surface area contributed by atoms with E-state index in [0.29, 0.717) is 5.75 Å². The molecule has 84 valence electrons. The van der Waals surface area contributed by atoms with Crippen LogP contribution in [0.1, 0.15) is 0 Å². The van der Waals surface area contributed by atoms with E-state index in [-0.39, 0.29) is 12.6 Å². The highest BCUT2D eigenvalue weighted by Gasteiger charge is 1.98. The molecule has 0 bridgehead atoms. The standard InChI is InChI=1S/C12H12O4/c1-2-11(13)15-9-8-12(14)16-10-6-4-3-5-7-10/h2-8,14H,1,9H2. The van der Waals surface area contributed by atoms with Gasteiger partial charge in [0.15, 0.2) is 0 Å². The van der Waals surface area contributed by atoms with Gasteiger partial charge in [0.2, 0.25) is 0 Å². The van der Waals surface area contributed by atoms with Gasteiger partial charge in [-0.2, -0.15) is 0 Å². The number of para-hydroxylation sites is 1. The molecular weight excluding hydrogens is 208 g/mol. The van der Waals surface area contributed by atoms with Crippen molar-refractivity contribution in [2.45, 2.75) is 0 Å². The predicted octanol–water partition coefficient (Wildman–Crippen LogP) is 2.19. The largest absolute Gasteiger partial charge is 0.481 e. The molecule has 1 aromatic carbocycles.